The average Bonchev–Trinajstić information content (AvgIpc) is 2.50. The van der Waals surface area contributed by atoms with E-state index in [4.69, 9.17) is 0 Å². The van der Waals surface area contributed by atoms with Crippen molar-refractivity contribution in [3.8, 4) is 0 Å². The Morgan fingerprint density at radius 1 is 1.33 bits per heavy atom. The van der Waals surface area contributed by atoms with Crippen molar-refractivity contribution < 1.29 is 0 Å². The van der Waals surface area contributed by atoms with Crippen LogP contribution in [0.3, 0.4) is 0 Å². The molecule has 1 aliphatic carbocycles. The highest BCUT2D eigenvalue weighted by atomic mass is 14.9. The van der Waals surface area contributed by atoms with Crippen molar-refractivity contribution in [2.75, 3.05) is 0 Å². The molecular formula is C16H26N2. The van der Waals surface area contributed by atoms with Crippen molar-refractivity contribution in [1.29, 1.82) is 0 Å². The number of nitrogens with one attached hydrogen (secondary N) is 1. The first-order valence-corrected chi connectivity index (χ1v) is 7.20. The monoisotopic (exact) mass is 246 g/mol. The summed E-state index contributed by atoms with van der Waals surface area (Å²) in [4.78, 5) is 4.15. The first-order chi connectivity index (χ1) is 8.57. The molecular weight excluding hydrogens is 220 g/mol. The number of hydrogen-bond donors (Lipinski definition) is 1. The lowest BCUT2D eigenvalue weighted by Crippen LogP contribution is -2.28. The van der Waals surface area contributed by atoms with E-state index in [-0.39, 0.29) is 0 Å². The molecule has 0 aromatic carbocycles. The van der Waals surface area contributed by atoms with E-state index in [0.29, 0.717) is 11.5 Å². The van der Waals surface area contributed by atoms with Gasteiger partial charge < -0.3 is 5.32 Å². The van der Waals surface area contributed by atoms with Gasteiger partial charge in [-0.1, -0.05) is 20.3 Å². The first-order valence-electron chi connectivity index (χ1n) is 7.20. The molecule has 1 aromatic rings. The van der Waals surface area contributed by atoms with Gasteiger partial charge in [-0.15, -0.1) is 0 Å². The van der Waals surface area contributed by atoms with Crippen LogP contribution in [0, 0.1) is 12.3 Å². The summed E-state index contributed by atoms with van der Waals surface area (Å²) in [6.45, 7) is 7.93. The molecule has 0 aliphatic heterocycles. The van der Waals surface area contributed by atoms with Crippen molar-refractivity contribution in [3.05, 3.63) is 29.6 Å². The van der Waals surface area contributed by atoms with E-state index in [2.05, 4.69) is 37.1 Å². The number of rotatable bonds is 3. The Morgan fingerprint density at radius 3 is 2.94 bits per heavy atom. The van der Waals surface area contributed by atoms with Crippen LogP contribution in [0.5, 0.6) is 0 Å². The third-order valence-corrected chi connectivity index (χ3v) is 4.29. The summed E-state index contributed by atoms with van der Waals surface area (Å²) in [5.74, 6) is 0. The van der Waals surface area contributed by atoms with E-state index >= 15 is 0 Å². The molecule has 1 atom stereocenters. The van der Waals surface area contributed by atoms with Crippen LogP contribution in [-0.4, -0.2) is 11.0 Å². The van der Waals surface area contributed by atoms with Crippen molar-refractivity contribution in [1.82, 2.24) is 10.3 Å². The predicted octanol–water partition coefficient (Wildman–Crippen LogP) is 3.84. The van der Waals surface area contributed by atoms with E-state index in [0.717, 1.165) is 6.54 Å². The van der Waals surface area contributed by atoms with Gasteiger partial charge in [-0.05, 0) is 55.2 Å². The molecule has 18 heavy (non-hydrogen) atoms. The summed E-state index contributed by atoms with van der Waals surface area (Å²) >= 11 is 0. The Labute approximate surface area is 111 Å². The van der Waals surface area contributed by atoms with Crippen LogP contribution in [0.15, 0.2) is 18.5 Å². The van der Waals surface area contributed by atoms with Crippen molar-refractivity contribution in [2.24, 2.45) is 5.41 Å². The minimum atomic E-state index is 0.545. The third-order valence-electron chi connectivity index (χ3n) is 4.29. The average molecular weight is 246 g/mol. The Balaban J connectivity index is 1.85. The largest absolute Gasteiger partial charge is 0.310 e. The fourth-order valence-electron chi connectivity index (χ4n) is 2.82. The SMILES string of the molecule is Cc1cnccc1CNC1CCCC(C)(C)CC1. The van der Waals surface area contributed by atoms with Gasteiger partial charge in [0.1, 0.15) is 0 Å². The summed E-state index contributed by atoms with van der Waals surface area (Å²) in [5, 5.41) is 3.73. The molecule has 0 radical (unpaired) electrons. The molecule has 1 fully saturated rings. The lowest BCUT2D eigenvalue weighted by molar-refractivity contribution is 0.309. The third kappa shape index (κ3) is 3.81. The van der Waals surface area contributed by atoms with Crippen LogP contribution in [0.2, 0.25) is 0 Å². The van der Waals surface area contributed by atoms with E-state index in [9.17, 15) is 0 Å². The first kappa shape index (κ1) is 13.5. The van der Waals surface area contributed by atoms with Gasteiger partial charge in [0.15, 0.2) is 0 Å². The minimum Gasteiger partial charge on any atom is -0.310 e. The summed E-state index contributed by atoms with van der Waals surface area (Å²) in [6.07, 6.45) is 10.6. The van der Waals surface area contributed by atoms with Crippen molar-refractivity contribution in [2.45, 2.75) is 65.5 Å². The number of aryl methyl sites for hydroxylation is 1. The fraction of sp³-hybridized carbons (Fsp3) is 0.688. The molecule has 1 aromatic heterocycles. The van der Waals surface area contributed by atoms with Gasteiger partial charge in [-0.3, -0.25) is 4.98 Å². The lowest BCUT2D eigenvalue weighted by Gasteiger charge is -2.22. The number of pyridine rings is 1. The maximum Gasteiger partial charge on any atom is 0.0300 e. The van der Waals surface area contributed by atoms with Crippen molar-refractivity contribution >= 4 is 0 Å². The number of hydrogen-bond acceptors (Lipinski definition) is 2. The zero-order valence-electron chi connectivity index (χ0n) is 12.0. The molecule has 0 spiro atoms. The summed E-state index contributed by atoms with van der Waals surface area (Å²) in [5.41, 5.74) is 3.22. The normalized spacial score (nSPS) is 23.6. The van der Waals surface area contributed by atoms with Gasteiger partial charge in [0, 0.05) is 25.0 Å². The van der Waals surface area contributed by atoms with Crippen LogP contribution >= 0.6 is 0 Å². The molecule has 2 heteroatoms. The van der Waals surface area contributed by atoms with Crippen LogP contribution in [0.4, 0.5) is 0 Å². The van der Waals surface area contributed by atoms with Gasteiger partial charge in [-0.25, -0.2) is 0 Å². The highest BCUT2D eigenvalue weighted by molar-refractivity contribution is 5.21. The number of aromatic nitrogens is 1. The van der Waals surface area contributed by atoms with E-state index in [1.165, 1.54) is 43.2 Å². The molecule has 0 bridgehead atoms. The van der Waals surface area contributed by atoms with E-state index < -0.39 is 0 Å². The summed E-state index contributed by atoms with van der Waals surface area (Å²) in [6, 6.07) is 2.82. The molecule has 1 N–H and O–H groups in total. The number of nitrogens with zero attached hydrogens (tertiary/aromatic N) is 1. The molecule has 1 saturated carbocycles. The van der Waals surface area contributed by atoms with Crippen LogP contribution in [0.1, 0.15) is 57.1 Å². The smallest absolute Gasteiger partial charge is 0.0300 e. The Kier molecular flexibility index (Phi) is 4.39. The molecule has 1 aliphatic rings. The second-order valence-electron chi connectivity index (χ2n) is 6.48. The Bertz CT molecular complexity index is 384. The van der Waals surface area contributed by atoms with Gasteiger partial charge in [-0.2, -0.15) is 0 Å². The van der Waals surface area contributed by atoms with Crippen molar-refractivity contribution in [3.63, 3.8) is 0 Å². The van der Waals surface area contributed by atoms with Crippen LogP contribution in [0.25, 0.3) is 0 Å². The topological polar surface area (TPSA) is 24.9 Å². The summed E-state index contributed by atoms with van der Waals surface area (Å²) < 4.78 is 0. The van der Waals surface area contributed by atoms with Crippen LogP contribution in [-0.2, 0) is 6.54 Å². The lowest BCUT2D eigenvalue weighted by atomic mass is 9.85. The molecule has 100 valence electrons. The van der Waals surface area contributed by atoms with Crippen LogP contribution < -0.4 is 5.32 Å². The fourth-order valence-corrected chi connectivity index (χ4v) is 2.82. The molecule has 1 heterocycles. The van der Waals surface area contributed by atoms with Gasteiger partial charge in [0.2, 0.25) is 0 Å². The standard InChI is InChI=1S/C16H26N2/c1-13-11-17-10-7-14(13)12-18-15-5-4-8-16(2,3)9-6-15/h7,10-11,15,18H,4-6,8-9,12H2,1-3H3. The van der Waals surface area contributed by atoms with E-state index in [1.807, 2.05) is 12.4 Å². The highest BCUT2D eigenvalue weighted by Gasteiger charge is 2.23. The molecule has 2 nitrogen and oxygen atoms in total. The highest BCUT2D eigenvalue weighted by Crippen LogP contribution is 2.33. The minimum absolute atomic E-state index is 0.545. The zero-order valence-corrected chi connectivity index (χ0v) is 12.0. The molecule has 2 rings (SSSR count). The second kappa shape index (κ2) is 5.83. The second-order valence-corrected chi connectivity index (χ2v) is 6.48. The molecule has 0 saturated heterocycles. The Morgan fingerprint density at radius 2 is 2.17 bits per heavy atom. The molecule has 1 unspecified atom stereocenters. The zero-order chi connectivity index (χ0) is 13.0. The quantitative estimate of drug-likeness (QED) is 0.820. The molecule has 0 amide bonds. The van der Waals surface area contributed by atoms with Gasteiger partial charge >= 0.3 is 0 Å². The maximum absolute atomic E-state index is 4.15. The Hall–Kier alpha value is -0.890. The predicted molar refractivity (Wildman–Crippen MR) is 76.5 cm³/mol. The maximum atomic E-state index is 4.15. The van der Waals surface area contributed by atoms with E-state index in [1.54, 1.807) is 0 Å². The van der Waals surface area contributed by atoms with Gasteiger partial charge in [0.05, 0.1) is 0 Å². The van der Waals surface area contributed by atoms with Gasteiger partial charge in [0.25, 0.3) is 0 Å². The summed E-state index contributed by atoms with van der Waals surface area (Å²) in [7, 11) is 0.